The minimum absolute atomic E-state index is 0.0272. The van der Waals surface area contributed by atoms with Crippen molar-refractivity contribution in [1.82, 2.24) is 16.0 Å². The maximum absolute atomic E-state index is 12.9. The van der Waals surface area contributed by atoms with Crippen molar-refractivity contribution in [1.29, 1.82) is 0 Å². The zero-order valence-electron chi connectivity index (χ0n) is 16.7. The molecule has 31 heavy (non-hydrogen) atoms. The Bertz CT molecular complexity index is 1200. The van der Waals surface area contributed by atoms with Crippen LogP contribution in [0.5, 0.6) is 0 Å². The highest BCUT2D eigenvalue weighted by Crippen LogP contribution is 2.37. The highest BCUT2D eigenvalue weighted by Gasteiger charge is 2.39. The number of hydrogen-bond acceptors (Lipinski definition) is 7. The molecule has 0 saturated carbocycles. The predicted molar refractivity (Wildman–Crippen MR) is 119 cm³/mol. The van der Waals surface area contributed by atoms with E-state index in [-0.39, 0.29) is 23.5 Å². The first-order valence-electron chi connectivity index (χ1n) is 9.72. The van der Waals surface area contributed by atoms with Gasteiger partial charge in [-0.3, -0.25) is 14.4 Å². The standard InChI is InChI=1S/C20H22N4O5S2/c1-3-16(25)23-13-8-31(28,29)9-14(13)24-19(26)11-4-5-15-12(6-11)17-18(30-15)20(27)22-10(2)7-21-17/h3-6,10,13-14,21H,1,7-9H2,2H3,(H,22,27)(H,23,25)(H,24,26)/t10-,13+,14-/m1/s1. The number of anilines is 1. The molecule has 11 heteroatoms. The van der Waals surface area contributed by atoms with Crippen molar-refractivity contribution in [2.45, 2.75) is 25.0 Å². The Kier molecular flexibility index (Phi) is 5.48. The summed E-state index contributed by atoms with van der Waals surface area (Å²) in [6, 6.07) is 3.59. The molecule has 2 aliphatic rings. The number of amides is 3. The molecule has 2 aliphatic heterocycles. The molecule has 4 N–H and O–H groups in total. The lowest BCUT2D eigenvalue weighted by Gasteiger charge is -2.20. The third-order valence-electron chi connectivity index (χ3n) is 5.30. The maximum atomic E-state index is 12.9. The van der Waals surface area contributed by atoms with Gasteiger partial charge < -0.3 is 21.3 Å². The molecule has 1 aromatic carbocycles. The van der Waals surface area contributed by atoms with Crippen molar-refractivity contribution < 1.29 is 22.8 Å². The quantitative estimate of drug-likeness (QED) is 0.493. The minimum atomic E-state index is -3.40. The van der Waals surface area contributed by atoms with Crippen LogP contribution >= 0.6 is 11.3 Å². The normalized spacial score (nSPS) is 24.4. The first-order valence-corrected chi connectivity index (χ1v) is 12.4. The average Bonchev–Trinajstić information content (AvgIpc) is 3.17. The van der Waals surface area contributed by atoms with Gasteiger partial charge in [0.15, 0.2) is 9.84 Å². The van der Waals surface area contributed by atoms with Gasteiger partial charge in [0, 0.05) is 28.2 Å². The van der Waals surface area contributed by atoms with E-state index in [0.29, 0.717) is 22.7 Å². The van der Waals surface area contributed by atoms with Crippen molar-refractivity contribution in [3.8, 4) is 0 Å². The van der Waals surface area contributed by atoms with Crippen LogP contribution in [0, 0.1) is 0 Å². The molecule has 0 spiro atoms. The van der Waals surface area contributed by atoms with E-state index in [4.69, 9.17) is 0 Å². The zero-order valence-corrected chi connectivity index (χ0v) is 18.4. The van der Waals surface area contributed by atoms with Crippen LogP contribution < -0.4 is 21.3 Å². The largest absolute Gasteiger partial charge is 0.381 e. The Balaban J connectivity index is 1.60. The number of fused-ring (bicyclic) bond motifs is 3. The van der Waals surface area contributed by atoms with Gasteiger partial charge in [0.25, 0.3) is 11.8 Å². The van der Waals surface area contributed by atoms with Crippen molar-refractivity contribution in [3.63, 3.8) is 0 Å². The van der Waals surface area contributed by atoms with Crippen LogP contribution in [-0.4, -0.2) is 62.3 Å². The van der Waals surface area contributed by atoms with Crippen molar-refractivity contribution in [2.75, 3.05) is 23.4 Å². The number of carbonyl (C=O) groups is 3. The summed E-state index contributed by atoms with van der Waals surface area (Å²) < 4.78 is 25.0. The highest BCUT2D eigenvalue weighted by molar-refractivity contribution is 7.91. The third-order valence-corrected chi connectivity index (χ3v) is 8.20. The van der Waals surface area contributed by atoms with E-state index < -0.39 is 33.7 Å². The lowest BCUT2D eigenvalue weighted by molar-refractivity contribution is -0.117. The number of benzene rings is 1. The lowest BCUT2D eigenvalue weighted by Crippen LogP contribution is -2.50. The molecule has 1 saturated heterocycles. The second kappa shape index (κ2) is 7.97. The van der Waals surface area contributed by atoms with Crippen LogP contribution in [0.1, 0.15) is 27.0 Å². The molecule has 3 amide bonds. The van der Waals surface area contributed by atoms with Gasteiger partial charge >= 0.3 is 0 Å². The highest BCUT2D eigenvalue weighted by atomic mass is 32.2. The number of nitrogens with one attached hydrogen (secondary N) is 4. The van der Waals surface area contributed by atoms with Gasteiger partial charge in [-0.25, -0.2) is 8.42 Å². The summed E-state index contributed by atoms with van der Waals surface area (Å²) in [5.74, 6) is -1.60. The van der Waals surface area contributed by atoms with E-state index in [1.807, 2.05) is 6.92 Å². The summed E-state index contributed by atoms with van der Waals surface area (Å²) in [5, 5.41) is 12.2. The average molecular weight is 463 g/mol. The van der Waals surface area contributed by atoms with Crippen LogP contribution in [0.3, 0.4) is 0 Å². The zero-order chi connectivity index (χ0) is 22.3. The Morgan fingerprint density at radius 2 is 1.94 bits per heavy atom. The number of thiophene rings is 1. The number of rotatable bonds is 4. The Morgan fingerprint density at radius 3 is 2.65 bits per heavy atom. The van der Waals surface area contributed by atoms with Gasteiger partial charge in [-0.2, -0.15) is 0 Å². The second-order valence-electron chi connectivity index (χ2n) is 7.75. The lowest BCUT2D eigenvalue weighted by atomic mass is 10.1. The summed E-state index contributed by atoms with van der Waals surface area (Å²) in [4.78, 5) is 37.5. The Morgan fingerprint density at radius 1 is 1.23 bits per heavy atom. The van der Waals surface area contributed by atoms with Gasteiger partial charge in [0.05, 0.1) is 29.3 Å². The van der Waals surface area contributed by atoms with Crippen molar-refractivity contribution in [3.05, 3.63) is 41.3 Å². The monoisotopic (exact) mass is 462 g/mol. The fourth-order valence-corrected chi connectivity index (χ4v) is 6.72. The van der Waals surface area contributed by atoms with Crippen LogP contribution in [0.2, 0.25) is 0 Å². The first kappa shape index (κ1) is 21.3. The fourth-order valence-electron chi connectivity index (χ4n) is 3.80. The van der Waals surface area contributed by atoms with Gasteiger partial charge in [0.1, 0.15) is 4.88 Å². The number of sulfone groups is 1. The number of carbonyl (C=O) groups excluding carboxylic acids is 3. The van der Waals surface area contributed by atoms with Crippen LogP contribution in [0.4, 0.5) is 5.69 Å². The van der Waals surface area contributed by atoms with E-state index in [9.17, 15) is 22.8 Å². The van der Waals surface area contributed by atoms with E-state index in [1.54, 1.807) is 18.2 Å². The van der Waals surface area contributed by atoms with Crippen molar-refractivity contribution >= 4 is 54.7 Å². The van der Waals surface area contributed by atoms with E-state index in [2.05, 4.69) is 27.8 Å². The molecule has 2 aromatic rings. The van der Waals surface area contributed by atoms with Gasteiger partial charge in [-0.1, -0.05) is 6.58 Å². The molecule has 3 atom stereocenters. The van der Waals surface area contributed by atoms with Crippen LogP contribution in [-0.2, 0) is 14.6 Å². The van der Waals surface area contributed by atoms with E-state index in [0.717, 1.165) is 16.2 Å². The Hall–Kier alpha value is -2.92. The molecule has 1 aromatic heterocycles. The molecule has 0 unspecified atom stereocenters. The van der Waals surface area contributed by atoms with Crippen LogP contribution in [0.25, 0.3) is 10.1 Å². The minimum Gasteiger partial charge on any atom is -0.381 e. The summed E-state index contributed by atoms with van der Waals surface area (Å²) in [5.41, 5.74) is 1.03. The van der Waals surface area contributed by atoms with Crippen molar-refractivity contribution in [2.24, 2.45) is 0 Å². The smallest absolute Gasteiger partial charge is 0.263 e. The van der Waals surface area contributed by atoms with E-state index >= 15 is 0 Å². The molecule has 0 aliphatic carbocycles. The van der Waals surface area contributed by atoms with Gasteiger partial charge in [-0.05, 0) is 31.2 Å². The summed E-state index contributed by atoms with van der Waals surface area (Å²) in [6.07, 6.45) is 1.06. The predicted octanol–water partition coefficient (Wildman–Crippen LogP) is 0.643. The molecule has 3 heterocycles. The Labute approximate surface area is 183 Å². The fraction of sp³-hybridized carbons (Fsp3) is 0.350. The molecular weight excluding hydrogens is 440 g/mol. The van der Waals surface area contributed by atoms with E-state index in [1.165, 1.54) is 11.3 Å². The second-order valence-corrected chi connectivity index (χ2v) is 11.0. The summed E-state index contributed by atoms with van der Waals surface area (Å²) in [6.45, 7) is 5.83. The molecule has 0 radical (unpaired) electrons. The SMILES string of the molecule is C=CC(=O)N[C@H]1CS(=O)(=O)C[C@H]1NC(=O)c1ccc2sc3c(c2c1)NC[C@@H](C)NC3=O. The molecule has 0 bridgehead atoms. The first-order chi connectivity index (χ1) is 14.7. The molecule has 1 fully saturated rings. The number of hydrogen-bond donors (Lipinski definition) is 4. The summed E-state index contributed by atoms with van der Waals surface area (Å²) >= 11 is 1.34. The third kappa shape index (κ3) is 4.28. The van der Waals surface area contributed by atoms with Gasteiger partial charge in [0.2, 0.25) is 5.91 Å². The molecule has 9 nitrogen and oxygen atoms in total. The molecule has 4 rings (SSSR count). The topological polar surface area (TPSA) is 133 Å². The van der Waals surface area contributed by atoms with Crippen LogP contribution in [0.15, 0.2) is 30.9 Å². The maximum Gasteiger partial charge on any atom is 0.263 e. The molecule has 164 valence electrons. The van der Waals surface area contributed by atoms with Gasteiger partial charge in [-0.15, -0.1) is 11.3 Å². The summed E-state index contributed by atoms with van der Waals surface area (Å²) in [7, 11) is -3.40. The molecular formula is C20H22N4O5S2.